The monoisotopic (exact) mass is 360 g/mol. The van der Waals surface area contributed by atoms with Gasteiger partial charge in [-0.2, -0.15) is 0 Å². The maximum Gasteiger partial charge on any atom is 0.274 e. The third-order valence-electron chi connectivity index (χ3n) is 4.31. The molecule has 5 nitrogen and oxygen atoms in total. The Morgan fingerprint density at radius 3 is 2.26 bits per heavy atom. The lowest BCUT2D eigenvalue weighted by Crippen LogP contribution is -2.14. The molecule has 3 aromatic rings. The molecule has 5 heteroatoms. The van der Waals surface area contributed by atoms with Crippen LogP contribution in [0.1, 0.15) is 21.6 Å². The van der Waals surface area contributed by atoms with Gasteiger partial charge in [-0.3, -0.25) is 4.79 Å². The number of aryl methyl sites for hydroxylation is 2. The van der Waals surface area contributed by atoms with Gasteiger partial charge in [-0.25, -0.2) is 4.98 Å². The molecule has 0 saturated carbocycles. The number of nitrogens with zero attached hydrogens (tertiary/aromatic N) is 2. The number of anilines is 4. The van der Waals surface area contributed by atoms with Crippen molar-refractivity contribution in [1.29, 1.82) is 0 Å². The first-order valence-electron chi connectivity index (χ1n) is 8.81. The number of aromatic nitrogens is 1. The topological polar surface area (TPSA) is 57.3 Å². The molecule has 0 aliphatic carbocycles. The Labute approximate surface area is 160 Å². The number of amides is 1. The van der Waals surface area contributed by atoms with E-state index in [-0.39, 0.29) is 5.91 Å². The van der Waals surface area contributed by atoms with Crippen LogP contribution >= 0.6 is 0 Å². The van der Waals surface area contributed by atoms with Gasteiger partial charge in [0.05, 0.1) is 11.9 Å². The summed E-state index contributed by atoms with van der Waals surface area (Å²) < 4.78 is 0. The summed E-state index contributed by atoms with van der Waals surface area (Å²) in [6, 6.07) is 17.5. The highest BCUT2D eigenvalue weighted by atomic mass is 16.1. The highest BCUT2D eigenvalue weighted by Crippen LogP contribution is 2.22. The van der Waals surface area contributed by atoms with E-state index in [9.17, 15) is 4.79 Å². The van der Waals surface area contributed by atoms with E-state index in [1.807, 2.05) is 49.3 Å². The molecule has 3 rings (SSSR count). The third kappa shape index (κ3) is 4.64. The quantitative estimate of drug-likeness (QED) is 0.689. The molecule has 0 bridgehead atoms. The fourth-order valence-electron chi connectivity index (χ4n) is 2.67. The number of carbonyl (C=O) groups excluding carboxylic acids is 1. The zero-order valence-corrected chi connectivity index (χ0v) is 16.1. The molecule has 1 amide bonds. The highest BCUT2D eigenvalue weighted by molar-refractivity contribution is 6.03. The lowest BCUT2D eigenvalue weighted by molar-refractivity contribution is 0.102. The molecule has 1 heterocycles. The maximum absolute atomic E-state index is 12.4. The fraction of sp³-hybridized carbons (Fsp3) is 0.182. The largest absolute Gasteiger partial charge is 0.378 e. The van der Waals surface area contributed by atoms with Crippen molar-refractivity contribution in [1.82, 2.24) is 4.98 Å². The number of carbonyl (C=O) groups is 1. The molecule has 0 unspecified atom stereocenters. The van der Waals surface area contributed by atoms with Crippen molar-refractivity contribution in [2.45, 2.75) is 13.8 Å². The molecule has 0 atom stereocenters. The number of hydrogen-bond acceptors (Lipinski definition) is 4. The molecule has 0 aliphatic heterocycles. The Kier molecular flexibility index (Phi) is 5.41. The number of nitrogens with one attached hydrogen (secondary N) is 2. The lowest BCUT2D eigenvalue weighted by atomic mass is 10.1. The van der Waals surface area contributed by atoms with Crippen LogP contribution in [0.25, 0.3) is 0 Å². The van der Waals surface area contributed by atoms with E-state index in [2.05, 4.69) is 47.7 Å². The molecule has 0 aliphatic rings. The van der Waals surface area contributed by atoms with E-state index in [0.29, 0.717) is 5.69 Å². The van der Waals surface area contributed by atoms with E-state index in [4.69, 9.17) is 0 Å². The van der Waals surface area contributed by atoms with Crippen molar-refractivity contribution < 1.29 is 4.79 Å². The summed E-state index contributed by atoms with van der Waals surface area (Å²) in [5.41, 5.74) is 6.41. The second-order valence-electron chi connectivity index (χ2n) is 6.77. The van der Waals surface area contributed by atoms with Crippen LogP contribution in [0.4, 0.5) is 22.7 Å². The Morgan fingerprint density at radius 2 is 1.63 bits per heavy atom. The van der Waals surface area contributed by atoms with Crippen molar-refractivity contribution in [3.63, 3.8) is 0 Å². The maximum atomic E-state index is 12.4. The van der Waals surface area contributed by atoms with Gasteiger partial charge in [0.25, 0.3) is 5.91 Å². The first kappa shape index (κ1) is 18.5. The molecule has 0 radical (unpaired) electrons. The Bertz CT molecular complexity index is 932. The van der Waals surface area contributed by atoms with Crippen LogP contribution in [-0.4, -0.2) is 25.0 Å². The Hall–Kier alpha value is -3.34. The van der Waals surface area contributed by atoms with Crippen molar-refractivity contribution >= 4 is 28.7 Å². The number of pyridine rings is 1. The van der Waals surface area contributed by atoms with Crippen molar-refractivity contribution in [2.24, 2.45) is 0 Å². The molecule has 27 heavy (non-hydrogen) atoms. The van der Waals surface area contributed by atoms with Crippen LogP contribution in [0, 0.1) is 13.8 Å². The molecule has 0 spiro atoms. The van der Waals surface area contributed by atoms with Crippen LogP contribution < -0.4 is 15.5 Å². The summed E-state index contributed by atoms with van der Waals surface area (Å²) in [5.74, 6) is -0.231. The predicted octanol–water partition coefficient (Wildman–Crippen LogP) is 4.76. The van der Waals surface area contributed by atoms with Gasteiger partial charge in [-0.05, 0) is 67.4 Å². The number of hydrogen-bond donors (Lipinski definition) is 2. The smallest absolute Gasteiger partial charge is 0.274 e. The average Bonchev–Trinajstić information content (AvgIpc) is 2.65. The summed E-state index contributed by atoms with van der Waals surface area (Å²) in [6.07, 6.45) is 1.67. The van der Waals surface area contributed by atoms with Crippen LogP contribution in [0.5, 0.6) is 0 Å². The van der Waals surface area contributed by atoms with Crippen LogP contribution in [0.2, 0.25) is 0 Å². The van der Waals surface area contributed by atoms with Crippen molar-refractivity contribution in [3.8, 4) is 0 Å². The van der Waals surface area contributed by atoms with Crippen LogP contribution in [0.3, 0.4) is 0 Å². The van der Waals surface area contributed by atoms with E-state index in [1.165, 1.54) is 5.56 Å². The molecule has 0 fully saturated rings. The third-order valence-corrected chi connectivity index (χ3v) is 4.31. The summed E-state index contributed by atoms with van der Waals surface area (Å²) >= 11 is 0. The first-order chi connectivity index (χ1) is 12.9. The normalized spacial score (nSPS) is 10.4. The van der Waals surface area contributed by atoms with Gasteiger partial charge in [-0.15, -0.1) is 0 Å². The molecular formula is C22H24N4O. The van der Waals surface area contributed by atoms with E-state index >= 15 is 0 Å². The van der Waals surface area contributed by atoms with Gasteiger partial charge in [-0.1, -0.05) is 12.1 Å². The fourth-order valence-corrected chi connectivity index (χ4v) is 2.67. The summed E-state index contributed by atoms with van der Waals surface area (Å²) in [5, 5.41) is 6.22. The van der Waals surface area contributed by atoms with Gasteiger partial charge in [0.1, 0.15) is 5.69 Å². The Balaban J connectivity index is 1.67. The van der Waals surface area contributed by atoms with Gasteiger partial charge >= 0.3 is 0 Å². The van der Waals surface area contributed by atoms with Crippen molar-refractivity contribution in [3.05, 3.63) is 77.6 Å². The van der Waals surface area contributed by atoms with Gasteiger partial charge < -0.3 is 15.5 Å². The number of rotatable bonds is 5. The zero-order valence-electron chi connectivity index (χ0n) is 16.1. The molecular weight excluding hydrogens is 336 g/mol. The second kappa shape index (κ2) is 7.91. The van der Waals surface area contributed by atoms with E-state index in [1.54, 1.807) is 12.3 Å². The number of benzene rings is 2. The minimum atomic E-state index is -0.231. The van der Waals surface area contributed by atoms with Crippen LogP contribution in [0.15, 0.2) is 60.8 Å². The Morgan fingerprint density at radius 1 is 0.926 bits per heavy atom. The predicted molar refractivity (Wildman–Crippen MR) is 112 cm³/mol. The van der Waals surface area contributed by atoms with Gasteiger partial charge in [0.2, 0.25) is 0 Å². The van der Waals surface area contributed by atoms with Crippen LogP contribution in [-0.2, 0) is 0 Å². The minimum Gasteiger partial charge on any atom is -0.378 e. The molecule has 1 aromatic heterocycles. The standard InChI is InChI=1S/C22H24N4O/c1-15-5-6-16(2)21(13-15)24-18-9-12-20(23-14-18)22(27)25-17-7-10-19(11-8-17)26(3)4/h5-14,24H,1-4H3,(H,25,27). The van der Waals surface area contributed by atoms with Gasteiger partial charge in [0.15, 0.2) is 0 Å². The molecule has 138 valence electrons. The lowest BCUT2D eigenvalue weighted by Gasteiger charge is -2.13. The summed E-state index contributed by atoms with van der Waals surface area (Å²) in [4.78, 5) is 18.7. The summed E-state index contributed by atoms with van der Waals surface area (Å²) in [7, 11) is 3.96. The SMILES string of the molecule is Cc1ccc(C)c(Nc2ccc(C(=O)Nc3ccc(N(C)C)cc3)nc2)c1. The first-order valence-corrected chi connectivity index (χ1v) is 8.81. The van der Waals surface area contributed by atoms with Gasteiger partial charge in [0, 0.05) is 31.2 Å². The van der Waals surface area contributed by atoms with Crippen molar-refractivity contribution in [2.75, 3.05) is 29.6 Å². The molecule has 2 N–H and O–H groups in total. The van der Waals surface area contributed by atoms with E-state index < -0.39 is 0 Å². The summed E-state index contributed by atoms with van der Waals surface area (Å²) in [6.45, 7) is 4.11. The molecule has 0 saturated heterocycles. The zero-order chi connectivity index (χ0) is 19.4. The second-order valence-corrected chi connectivity index (χ2v) is 6.77. The highest BCUT2D eigenvalue weighted by Gasteiger charge is 2.08. The minimum absolute atomic E-state index is 0.231. The van der Waals surface area contributed by atoms with E-state index in [0.717, 1.165) is 28.3 Å². The molecule has 2 aromatic carbocycles. The average molecular weight is 360 g/mol.